The minimum absolute atomic E-state index is 0.0578. The molecular weight excluding hydrogens is 475 g/mol. The van der Waals surface area contributed by atoms with Crippen LogP contribution in [0, 0.1) is 6.92 Å². The molecule has 0 spiro atoms. The largest absolute Gasteiger partial charge is 0.421 e. The molecule has 10 nitrogen and oxygen atoms in total. The van der Waals surface area contributed by atoms with E-state index in [1.54, 1.807) is 4.90 Å². The Bertz CT molecular complexity index is 1060. The third kappa shape index (κ3) is 6.44. The maximum Gasteiger partial charge on any atom is 0.421 e. The number of likely N-dealkylation sites (N-methyl/N-ethyl adjacent to an activating group) is 2. The maximum absolute atomic E-state index is 13.6. The summed E-state index contributed by atoms with van der Waals surface area (Å²) in [7, 11) is 4.03. The molecule has 2 aliphatic heterocycles. The Hall–Kier alpha value is -2.93. The number of nitrogens with one attached hydrogen (secondary N) is 2. The highest BCUT2D eigenvalue weighted by Gasteiger charge is 2.35. The van der Waals surface area contributed by atoms with Crippen LogP contribution in [0.15, 0.2) is 12.4 Å². The van der Waals surface area contributed by atoms with Crippen molar-refractivity contribution < 1.29 is 18.0 Å². The lowest BCUT2D eigenvalue weighted by Gasteiger charge is -2.21. The first kappa shape index (κ1) is 26.1. The molecule has 0 saturated carbocycles. The second kappa shape index (κ2) is 11.0. The second-order valence-corrected chi connectivity index (χ2v) is 9.61. The molecule has 2 aliphatic rings. The van der Waals surface area contributed by atoms with Crippen molar-refractivity contribution in [1.82, 2.24) is 34.4 Å². The zero-order chi connectivity index (χ0) is 25.9. The molecule has 2 aromatic rings. The van der Waals surface area contributed by atoms with Gasteiger partial charge in [0.15, 0.2) is 0 Å². The Morgan fingerprint density at radius 1 is 1.14 bits per heavy atom. The normalized spacial score (nSPS) is 20.1. The van der Waals surface area contributed by atoms with Crippen LogP contribution in [0.1, 0.15) is 36.6 Å². The van der Waals surface area contributed by atoms with Crippen LogP contribution in [0.25, 0.3) is 0 Å². The van der Waals surface area contributed by atoms with Crippen LogP contribution in [-0.2, 0) is 11.0 Å². The van der Waals surface area contributed by atoms with Crippen LogP contribution in [0.3, 0.4) is 0 Å². The summed E-state index contributed by atoms with van der Waals surface area (Å²) in [4.78, 5) is 26.4. The van der Waals surface area contributed by atoms with Gasteiger partial charge in [0, 0.05) is 58.1 Å². The molecule has 4 heterocycles. The first-order valence-corrected chi connectivity index (χ1v) is 12.3. The number of nitrogens with zero attached hydrogens (tertiary/aromatic N) is 7. The van der Waals surface area contributed by atoms with Gasteiger partial charge in [0.05, 0.1) is 17.4 Å². The highest BCUT2D eigenvalue weighted by atomic mass is 19.4. The van der Waals surface area contributed by atoms with Gasteiger partial charge in [-0.2, -0.15) is 23.3 Å². The molecule has 36 heavy (non-hydrogen) atoms. The molecule has 1 unspecified atom stereocenters. The van der Waals surface area contributed by atoms with Crippen molar-refractivity contribution in [3.05, 3.63) is 23.7 Å². The molecule has 0 aromatic carbocycles. The lowest BCUT2D eigenvalue weighted by molar-refractivity contribution is -0.137. The second-order valence-electron chi connectivity index (χ2n) is 9.61. The summed E-state index contributed by atoms with van der Waals surface area (Å²) >= 11 is 0. The molecule has 4 rings (SSSR count). The third-order valence-corrected chi connectivity index (χ3v) is 6.71. The third-order valence-electron chi connectivity index (χ3n) is 6.71. The van der Waals surface area contributed by atoms with Gasteiger partial charge < -0.3 is 25.3 Å². The Labute approximate surface area is 208 Å². The summed E-state index contributed by atoms with van der Waals surface area (Å²) in [6, 6.07) is 0.256. The number of carbonyl (C=O) groups excluding carboxylic acids is 1. The molecule has 0 aliphatic carbocycles. The number of alkyl halides is 3. The van der Waals surface area contributed by atoms with Crippen LogP contribution >= 0.6 is 0 Å². The predicted octanol–water partition coefficient (Wildman–Crippen LogP) is 2.59. The summed E-state index contributed by atoms with van der Waals surface area (Å²) in [6.45, 7) is 6.56. The van der Waals surface area contributed by atoms with E-state index >= 15 is 0 Å². The fraction of sp³-hybridized carbons (Fsp3) is 0.652. The van der Waals surface area contributed by atoms with Crippen molar-refractivity contribution >= 4 is 23.4 Å². The number of likely N-dealkylation sites (tertiary alicyclic amines) is 1. The van der Waals surface area contributed by atoms with Gasteiger partial charge >= 0.3 is 6.18 Å². The van der Waals surface area contributed by atoms with Gasteiger partial charge in [-0.3, -0.25) is 9.48 Å². The molecule has 2 aromatic heterocycles. The van der Waals surface area contributed by atoms with Gasteiger partial charge in [-0.25, -0.2) is 4.98 Å². The van der Waals surface area contributed by atoms with Gasteiger partial charge in [-0.15, -0.1) is 0 Å². The van der Waals surface area contributed by atoms with Crippen molar-refractivity contribution in [3.8, 4) is 0 Å². The Kier molecular flexibility index (Phi) is 7.98. The van der Waals surface area contributed by atoms with E-state index in [-0.39, 0.29) is 30.3 Å². The minimum Gasteiger partial charge on any atom is -0.369 e. The maximum atomic E-state index is 13.6. The molecule has 13 heteroatoms. The summed E-state index contributed by atoms with van der Waals surface area (Å²) in [5, 5.41) is 10.4. The standard InChI is InChI=1S/C23H34F3N9O/c1-16-19(15-35(31-16)17-5-9-33(3)14-17)29-22-28-13-18(23(24,25)26)21(30-22)27-7-4-8-34-12-11-32(2)10-6-20(34)36/h13,15,17H,4-12,14H2,1-3H3,(H2,27,28,29,30). The molecular formula is C23H34F3N9O. The van der Waals surface area contributed by atoms with Gasteiger partial charge in [-0.1, -0.05) is 0 Å². The number of hydrogen-bond acceptors (Lipinski definition) is 8. The van der Waals surface area contributed by atoms with E-state index in [1.807, 2.05) is 24.9 Å². The van der Waals surface area contributed by atoms with Crippen molar-refractivity contribution in [1.29, 1.82) is 0 Å². The van der Waals surface area contributed by atoms with Crippen LogP contribution in [0.5, 0.6) is 0 Å². The van der Waals surface area contributed by atoms with E-state index in [4.69, 9.17) is 0 Å². The van der Waals surface area contributed by atoms with Gasteiger partial charge in [0.25, 0.3) is 0 Å². The summed E-state index contributed by atoms with van der Waals surface area (Å²) in [6.07, 6.45) is -0.0126. The summed E-state index contributed by atoms with van der Waals surface area (Å²) < 4.78 is 42.7. The Morgan fingerprint density at radius 2 is 1.94 bits per heavy atom. The number of carbonyl (C=O) groups is 1. The molecule has 2 fully saturated rings. The molecule has 0 bridgehead atoms. The van der Waals surface area contributed by atoms with Crippen molar-refractivity contribution in [2.75, 3.05) is 70.5 Å². The number of aromatic nitrogens is 4. The topological polar surface area (TPSA) is 94.5 Å². The van der Waals surface area contributed by atoms with Crippen LogP contribution in [-0.4, -0.2) is 100 Å². The molecule has 198 valence electrons. The average molecular weight is 510 g/mol. The van der Waals surface area contributed by atoms with Gasteiger partial charge in [0.2, 0.25) is 11.9 Å². The SMILES string of the molecule is Cc1nn(C2CCN(C)C2)cc1Nc1ncc(C(F)(F)F)c(NCCCN2CCN(C)CCC2=O)n1. The summed E-state index contributed by atoms with van der Waals surface area (Å²) in [5.74, 6) is -0.157. The van der Waals surface area contributed by atoms with Gasteiger partial charge in [0.1, 0.15) is 11.4 Å². The predicted molar refractivity (Wildman–Crippen MR) is 130 cm³/mol. The lowest BCUT2D eigenvalue weighted by Crippen LogP contribution is -2.34. The first-order chi connectivity index (χ1) is 17.1. The van der Waals surface area contributed by atoms with E-state index in [9.17, 15) is 18.0 Å². The van der Waals surface area contributed by atoms with Gasteiger partial charge in [-0.05, 0) is 40.4 Å². The van der Waals surface area contributed by atoms with E-state index in [0.29, 0.717) is 31.6 Å². The van der Waals surface area contributed by atoms with E-state index in [1.165, 1.54) is 0 Å². The summed E-state index contributed by atoms with van der Waals surface area (Å²) in [5.41, 5.74) is 0.442. The molecule has 2 N–H and O–H groups in total. The molecule has 1 amide bonds. The number of amides is 1. The monoisotopic (exact) mass is 509 g/mol. The fourth-order valence-corrected chi connectivity index (χ4v) is 4.51. The van der Waals surface area contributed by atoms with Crippen LogP contribution in [0.2, 0.25) is 0 Å². The number of hydrogen-bond donors (Lipinski definition) is 2. The van der Waals surface area contributed by atoms with E-state index < -0.39 is 11.7 Å². The smallest absolute Gasteiger partial charge is 0.369 e. The Balaban J connectivity index is 1.41. The number of aryl methyl sites for hydroxylation is 1. The molecule has 1 atom stereocenters. The zero-order valence-electron chi connectivity index (χ0n) is 21.0. The van der Waals surface area contributed by atoms with E-state index in [0.717, 1.165) is 44.5 Å². The first-order valence-electron chi connectivity index (χ1n) is 12.3. The van der Waals surface area contributed by atoms with Crippen LogP contribution in [0.4, 0.5) is 30.6 Å². The van der Waals surface area contributed by atoms with Crippen molar-refractivity contribution in [3.63, 3.8) is 0 Å². The average Bonchev–Trinajstić information content (AvgIpc) is 3.37. The highest BCUT2D eigenvalue weighted by Crippen LogP contribution is 2.34. The van der Waals surface area contributed by atoms with Crippen LogP contribution < -0.4 is 10.6 Å². The van der Waals surface area contributed by atoms with Crippen molar-refractivity contribution in [2.45, 2.75) is 38.4 Å². The number of rotatable bonds is 8. The lowest BCUT2D eigenvalue weighted by atomic mass is 10.2. The van der Waals surface area contributed by atoms with E-state index in [2.05, 4.69) is 42.5 Å². The quantitative estimate of drug-likeness (QED) is 0.525. The minimum atomic E-state index is -4.60. The molecule has 2 saturated heterocycles. The Morgan fingerprint density at radius 3 is 2.67 bits per heavy atom. The zero-order valence-corrected chi connectivity index (χ0v) is 21.0. The molecule has 0 radical (unpaired) electrons. The number of anilines is 3. The fourth-order valence-electron chi connectivity index (χ4n) is 4.51. The van der Waals surface area contributed by atoms with Crippen molar-refractivity contribution in [2.24, 2.45) is 0 Å². The number of halogens is 3. The highest BCUT2D eigenvalue weighted by molar-refractivity contribution is 5.76.